The first-order valence-electron chi connectivity index (χ1n) is 4.89. The minimum atomic E-state index is 0.633. The monoisotopic (exact) mass is 212 g/mol. The van der Waals surface area contributed by atoms with Gasteiger partial charge in [-0.2, -0.15) is 0 Å². The van der Waals surface area contributed by atoms with Crippen molar-refractivity contribution >= 4 is 17.3 Å². The first kappa shape index (κ1) is 11.3. The summed E-state index contributed by atoms with van der Waals surface area (Å²) in [5.74, 6) is 0. The SMILES string of the molecule is CCN(C)c1cccc(Cl)c1CCN. The van der Waals surface area contributed by atoms with E-state index in [4.69, 9.17) is 17.3 Å². The molecule has 3 heteroatoms. The van der Waals surface area contributed by atoms with Gasteiger partial charge < -0.3 is 10.6 Å². The molecule has 78 valence electrons. The van der Waals surface area contributed by atoms with Gasteiger partial charge in [0.15, 0.2) is 0 Å². The molecule has 1 aromatic rings. The van der Waals surface area contributed by atoms with Crippen molar-refractivity contribution in [2.45, 2.75) is 13.3 Å². The molecule has 1 aromatic carbocycles. The Bertz CT molecular complexity index is 299. The number of halogens is 1. The summed E-state index contributed by atoms with van der Waals surface area (Å²) in [7, 11) is 2.06. The predicted molar refractivity (Wildman–Crippen MR) is 63.2 cm³/mol. The van der Waals surface area contributed by atoms with E-state index in [1.807, 2.05) is 12.1 Å². The fraction of sp³-hybridized carbons (Fsp3) is 0.455. The maximum Gasteiger partial charge on any atom is 0.0459 e. The number of nitrogens with two attached hydrogens (primary N) is 1. The molecule has 0 aliphatic heterocycles. The van der Waals surface area contributed by atoms with E-state index < -0.39 is 0 Å². The van der Waals surface area contributed by atoms with E-state index in [2.05, 4.69) is 24.9 Å². The molecule has 0 atom stereocenters. The molecule has 0 aromatic heterocycles. The summed E-state index contributed by atoms with van der Waals surface area (Å²) in [5, 5.41) is 0.813. The molecule has 2 nitrogen and oxygen atoms in total. The Labute approximate surface area is 90.7 Å². The van der Waals surface area contributed by atoms with E-state index >= 15 is 0 Å². The highest BCUT2D eigenvalue weighted by Crippen LogP contribution is 2.26. The average Bonchev–Trinajstić information content (AvgIpc) is 2.20. The van der Waals surface area contributed by atoms with Gasteiger partial charge in [0.2, 0.25) is 0 Å². The van der Waals surface area contributed by atoms with Crippen molar-refractivity contribution in [3.05, 3.63) is 28.8 Å². The lowest BCUT2D eigenvalue weighted by Gasteiger charge is -2.21. The molecule has 0 spiro atoms. The lowest BCUT2D eigenvalue weighted by molar-refractivity contribution is 0.919. The van der Waals surface area contributed by atoms with Gasteiger partial charge in [-0.25, -0.2) is 0 Å². The molecule has 0 unspecified atom stereocenters. The van der Waals surface area contributed by atoms with Crippen LogP contribution in [0.2, 0.25) is 5.02 Å². The number of benzene rings is 1. The van der Waals surface area contributed by atoms with Crippen LogP contribution in [0.4, 0.5) is 5.69 Å². The van der Waals surface area contributed by atoms with Crippen molar-refractivity contribution in [2.24, 2.45) is 5.73 Å². The van der Waals surface area contributed by atoms with Crippen LogP contribution in [0.3, 0.4) is 0 Å². The summed E-state index contributed by atoms with van der Waals surface area (Å²) in [6.07, 6.45) is 0.833. The van der Waals surface area contributed by atoms with E-state index in [0.717, 1.165) is 23.6 Å². The molecule has 0 heterocycles. The molecule has 0 amide bonds. The molecule has 0 bridgehead atoms. The molecular formula is C11H17ClN2. The zero-order valence-corrected chi connectivity index (χ0v) is 9.51. The Balaban J connectivity index is 3.07. The van der Waals surface area contributed by atoms with E-state index in [1.165, 1.54) is 5.69 Å². The molecule has 14 heavy (non-hydrogen) atoms. The van der Waals surface area contributed by atoms with E-state index in [9.17, 15) is 0 Å². The highest BCUT2D eigenvalue weighted by molar-refractivity contribution is 6.31. The lowest BCUT2D eigenvalue weighted by Crippen LogP contribution is -2.18. The van der Waals surface area contributed by atoms with Crippen LogP contribution >= 0.6 is 11.6 Å². The normalized spacial score (nSPS) is 10.3. The number of hydrogen-bond acceptors (Lipinski definition) is 2. The maximum absolute atomic E-state index is 6.13. The van der Waals surface area contributed by atoms with Gasteiger partial charge >= 0.3 is 0 Å². The third kappa shape index (κ3) is 2.40. The van der Waals surface area contributed by atoms with Gasteiger partial charge in [-0.15, -0.1) is 0 Å². The topological polar surface area (TPSA) is 29.3 Å². The standard InChI is InChI=1S/C11H17ClN2/c1-3-14(2)11-6-4-5-10(12)9(11)7-8-13/h4-6H,3,7-8,13H2,1-2H3. The molecule has 2 N–H and O–H groups in total. The number of anilines is 1. The number of hydrogen-bond donors (Lipinski definition) is 1. The summed E-state index contributed by atoms with van der Waals surface area (Å²) in [6, 6.07) is 5.98. The fourth-order valence-electron chi connectivity index (χ4n) is 1.47. The van der Waals surface area contributed by atoms with Crippen LogP contribution in [0, 0.1) is 0 Å². The van der Waals surface area contributed by atoms with Crippen LogP contribution in [0.15, 0.2) is 18.2 Å². The fourth-order valence-corrected chi connectivity index (χ4v) is 1.73. The molecule has 0 fully saturated rings. The third-order valence-electron chi connectivity index (χ3n) is 2.37. The molecule has 0 aliphatic carbocycles. The van der Waals surface area contributed by atoms with Crippen LogP contribution in [0.5, 0.6) is 0 Å². The highest BCUT2D eigenvalue weighted by atomic mass is 35.5. The zero-order chi connectivity index (χ0) is 10.6. The van der Waals surface area contributed by atoms with Crippen molar-refractivity contribution in [1.82, 2.24) is 0 Å². The smallest absolute Gasteiger partial charge is 0.0459 e. The molecule has 0 saturated carbocycles. The van der Waals surface area contributed by atoms with E-state index in [-0.39, 0.29) is 0 Å². The third-order valence-corrected chi connectivity index (χ3v) is 2.73. The second kappa shape index (κ2) is 5.23. The van der Waals surface area contributed by atoms with Crippen molar-refractivity contribution < 1.29 is 0 Å². The summed E-state index contributed by atoms with van der Waals surface area (Å²) in [4.78, 5) is 2.18. The zero-order valence-electron chi connectivity index (χ0n) is 8.76. The van der Waals surface area contributed by atoms with E-state index in [1.54, 1.807) is 0 Å². The van der Waals surface area contributed by atoms with Gasteiger partial charge in [-0.3, -0.25) is 0 Å². The molecule has 0 saturated heterocycles. The largest absolute Gasteiger partial charge is 0.375 e. The van der Waals surface area contributed by atoms with Gasteiger partial charge in [0.25, 0.3) is 0 Å². The Kier molecular flexibility index (Phi) is 4.23. The Morgan fingerprint density at radius 3 is 2.71 bits per heavy atom. The molecular weight excluding hydrogens is 196 g/mol. The van der Waals surface area contributed by atoms with Crippen molar-refractivity contribution in [2.75, 3.05) is 25.0 Å². The summed E-state index contributed by atoms with van der Waals surface area (Å²) in [5.41, 5.74) is 7.90. The summed E-state index contributed by atoms with van der Waals surface area (Å²) >= 11 is 6.13. The van der Waals surface area contributed by atoms with Crippen LogP contribution in [0.1, 0.15) is 12.5 Å². The van der Waals surface area contributed by atoms with Gasteiger partial charge in [0, 0.05) is 24.3 Å². The van der Waals surface area contributed by atoms with E-state index in [0.29, 0.717) is 6.54 Å². The molecule has 0 aliphatic rings. The van der Waals surface area contributed by atoms with Crippen molar-refractivity contribution in [3.63, 3.8) is 0 Å². The van der Waals surface area contributed by atoms with Crippen LogP contribution in [-0.2, 0) is 6.42 Å². The minimum absolute atomic E-state index is 0.633. The predicted octanol–water partition coefficient (Wildman–Crippen LogP) is 2.30. The van der Waals surface area contributed by atoms with Gasteiger partial charge in [-0.1, -0.05) is 17.7 Å². The average molecular weight is 213 g/mol. The highest BCUT2D eigenvalue weighted by Gasteiger charge is 2.08. The Morgan fingerprint density at radius 2 is 2.14 bits per heavy atom. The number of nitrogens with zero attached hydrogens (tertiary/aromatic N) is 1. The minimum Gasteiger partial charge on any atom is -0.375 e. The maximum atomic E-state index is 6.13. The van der Waals surface area contributed by atoms with Gasteiger partial charge in [0.1, 0.15) is 0 Å². The van der Waals surface area contributed by atoms with Crippen LogP contribution in [-0.4, -0.2) is 20.1 Å². The van der Waals surface area contributed by atoms with Crippen LogP contribution in [0.25, 0.3) is 0 Å². The molecule has 0 radical (unpaired) electrons. The quantitative estimate of drug-likeness (QED) is 0.830. The summed E-state index contributed by atoms with van der Waals surface area (Å²) in [6.45, 7) is 3.72. The van der Waals surface area contributed by atoms with Gasteiger partial charge in [0.05, 0.1) is 0 Å². The first-order chi connectivity index (χ1) is 6.70. The first-order valence-corrected chi connectivity index (χ1v) is 5.27. The Morgan fingerprint density at radius 1 is 1.43 bits per heavy atom. The second-order valence-electron chi connectivity index (χ2n) is 3.29. The molecule has 1 rings (SSSR count). The second-order valence-corrected chi connectivity index (χ2v) is 3.70. The van der Waals surface area contributed by atoms with Gasteiger partial charge in [-0.05, 0) is 37.6 Å². The number of rotatable bonds is 4. The van der Waals surface area contributed by atoms with Crippen LogP contribution < -0.4 is 10.6 Å². The van der Waals surface area contributed by atoms with Crippen molar-refractivity contribution in [3.8, 4) is 0 Å². The lowest BCUT2D eigenvalue weighted by atomic mass is 10.1. The van der Waals surface area contributed by atoms with Crippen molar-refractivity contribution in [1.29, 1.82) is 0 Å². The summed E-state index contributed by atoms with van der Waals surface area (Å²) < 4.78 is 0. The Hall–Kier alpha value is -0.730.